The van der Waals surface area contributed by atoms with Crippen LogP contribution in [-0.4, -0.2) is 79.5 Å². The normalized spacial score (nSPS) is 15.3. The van der Waals surface area contributed by atoms with Crippen LogP contribution in [0.1, 0.15) is 73.1 Å². The van der Waals surface area contributed by atoms with Crippen LogP contribution in [0.5, 0.6) is 5.88 Å². The van der Waals surface area contributed by atoms with E-state index in [4.69, 9.17) is 20.2 Å². The van der Waals surface area contributed by atoms with Crippen LogP contribution < -0.4 is 20.8 Å². The first-order valence-electron chi connectivity index (χ1n) is 15.3. The maximum absolute atomic E-state index is 11.5. The zero-order valence-corrected chi connectivity index (χ0v) is 26.2. The van der Waals surface area contributed by atoms with Gasteiger partial charge in [-0.05, 0) is 31.4 Å². The number of hydrogen-bond acceptors (Lipinski definition) is 9. The average Bonchev–Trinajstić information content (AvgIpc) is 3.41. The largest absolute Gasteiger partial charge is 0.476 e. The van der Waals surface area contributed by atoms with Gasteiger partial charge >= 0.3 is 0 Å². The van der Waals surface area contributed by atoms with Crippen molar-refractivity contribution < 1.29 is 14.3 Å². The number of anilines is 1. The number of ether oxygens (including phenoxy) is 2. The van der Waals surface area contributed by atoms with Crippen molar-refractivity contribution in [2.45, 2.75) is 73.6 Å². The fourth-order valence-corrected chi connectivity index (χ4v) is 4.12. The Morgan fingerprint density at radius 1 is 1.17 bits per heavy atom. The summed E-state index contributed by atoms with van der Waals surface area (Å²) >= 11 is 0. The molecule has 0 atom stereocenters. The van der Waals surface area contributed by atoms with Gasteiger partial charge < -0.3 is 20.1 Å². The molecular weight excluding hydrogens is 518 g/mol. The summed E-state index contributed by atoms with van der Waals surface area (Å²) in [4.78, 5) is 25.6. The van der Waals surface area contributed by atoms with Gasteiger partial charge in [0.25, 0.3) is 0 Å². The number of allylic oxidation sites excluding steroid dienone is 3. The smallest absolute Gasteiger partial charge is 0.248 e. The van der Waals surface area contributed by atoms with E-state index >= 15 is 0 Å². The van der Waals surface area contributed by atoms with E-state index in [0.29, 0.717) is 36.7 Å². The second-order valence-electron chi connectivity index (χ2n) is 9.04. The van der Waals surface area contributed by atoms with Gasteiger partial charge in [0.15, 0.2) is 0 Å². The van der Waals surface area contributed by atoms with Gasteiger partial charge in [0.05, 0.1) is 6.61 Å². The van der Waals surface area contributed by atoms with Crippen LogP contribution in [0.2, 0.25) is 0 Å². The number of nitrogens with two attached hydrogens (primary N) is 1. The third-order valence-electron chi connectivity index (χ3n) is 5.96. The van der Waals surface area contributed by atoms with Gasteiger partial charge in [0, 0.05) is 75.7 Å². The third-order valence-corrected chi connectivity index (χ3v) is 5.96. The van der Waals surface area contributed by atoms with Gasteiger partial charge in [0.2, 0.25) is 11.8 Å². The van der Waals surface area contributed by atoms with Crippen LogP contribution in [0.4, 0.5) is 5.82 Å². The first-order valence-corrected chi connectivity index (χ1v) is 15.3. The maximum atomic E-state index is 11.5. The van der Waals surface area contributed by atoms with Crippen molar-refractivity contribution >= 4 is 17.9 Å². The Morgan fingerprint density at radius 2 is 1.93 bits per heavy atom. The lowest BCUT2D eigenvalue weighted by molar-refractivity contribution is -0.114. The summed E-state index contributed by atoms with van der Waals surface area (Å²) in [6, 6.07) is 1.94. The van der Waals surface area contributed by atoms with Crippen LogP contribution in [0.3, 0.4) is 0 Å². The number of carbonyl (C=O) groups excluding carboxylic acids is 1. The van der Waals surface area contributed by atoms with Crippen LogP contribution >= 0.6 is 0 Å². The summed E-state index contributed by atoms with van der Waals surface area (Å²) in [6.07, 6.45) is 13.1. The molecule has 3 rings (SSSR count). The molecule has 0 unspecified atom stereocenters. The summed E-state index contributed by atoms with van der Waals surface area (Å²) < 4.78 is 11.6. The fourth-order valence-electron chi connectivity index (χ4n) is 4.12. The standard InChI is InChI=1S/C27H41N7O3.2C2H6/c1-3-12-34(13-4-2)25-21-26(37-19-16-33-14-7-17-36-18-15-33)31-24(30-25)10-11-29-32-23-9-6-5-8-22(20-23)27(28)35;2*1-2/h5-6,8,11,20-21,32H,3-4,7,9-10,12-19H2,1-2H3,(H2,28,35);2*1-2H3/b29-11+;;. The van der Waals surface area contributed by atoms with Gasteiger partial charge in [-0.3, -0.25) is 15.1 Å². The van der Waals surface area contributed by atoms with Crippen LogP contribution in [0.15, 0.2) is 46.7 Å². The number of amides is 1. The predicted molar refractivity (Wildman–Crippen MR) is 169 cm³/mol. The minimum Gasteiger partial charge on any atom is -0.476 e. The second-order valence-corrected chi connectivity index (χ2v) is 9.04. The molecule has 41 heavy (non-hydrogen) atoms. The molecule has 2 aliphatic rings. The summed E-state index contributed by atoms with van der Waals surface area (Å²) in [7, 11) is 0. The van der Waals surface area contributed by atoms with Crippen molar-refractivity contribution in [2.75, 3.05) is 57.4 Å². The maximum Gasteiger partial charge on any atom is 0.248 e. The molecule has 3 N–H and O–H groups in total. The molecule has 1 fully saturated rings. The molecule has 0 aromatic carbocycles. The molecule has 1 saturated heterocycles. The van der Waals surface area contributed by atoms with Crippen LogP contribution in [0.25, 0.3) is 0 Å². The number of nitrogens with zero attached hydrogens (tertiary/aromatic N) is 5. The van der Waals surface area contributed by atoms with Gasteiger partial charge in [-0.15, -0.1) is 0 Å². The molecular formula is C31H53N7O3. The summed E-state index contributed by atoms with van der Waals surface area (Å²) in [5.74, 6) is 1.63. The lowest BCUT2D eigenvalue weighted by Gasteiger charge is -2.23. The molecule has 1 aliphatic carbocycles. The third kappa shape index (κ3) is 14.3. The molecule has 2 heterocycles. The second kappa shape index (κ2) is 22.4. The number of rotatable bonds is 14. The topological polar surface area (TPSA) is 118 Å². The van der Waals surface area contributed by atoms with E-state index in [0.717, 1.165) is 76.7 Å². The average molecular weight is 572 g/mol. The first-order chi connectivity index (χ1) is 20.1. The SMILES string of the molecule is CC.CC.CCCN(CCC)c1cc(OCCN2CCCOCC2)nc(C/C=N/NC2=CC(C(N)=O)=CC=CC2)n1. The van der Waals surface area contributed by atoms with E-state index in [1.54, 1.807) is 18.4 Å². The van der Waals surface area contributed by atoms with E-state index in [2.05, 4.69) is 39.2 Å². The fraction of sp³-hybridized carbons (Fsp3) is 0.613. The van der Waals surface area contributed by atoms with Gasteiger partial charge in [-0.1, -0.05) is 53.7 Å². The Morgan fingerprint density at radius 3 is 2.63 bits per heavy atom. The van der Waals surface area contributed by atoms with Gasteiger partial charge in [-0.2, -0.15) is 10.1 Å². The highest BCUT2D eigenvalue weighted by Crippen LogP contribution is 2.19. The minimum absolute atomic E-state index is 0.434. The monoisotopic (exact) mass is 571 g/mol. The Balaban J connectivity index is 0.00000201. The summed E-state index contributed by atoms with van der Waals surface area (Å²) in [6.45, 7) is 19.1. The molecule has 0 spiro atoms. The van der Waals surface area contributed by atoms with E-state index in [9.17, 15) is 4.79 Å². The quantitative estimate of drug-likeness (QED) is 0.245. The summed E-state index contributed by atoms with van der Waals surface area (Å²) in [5, 5.41) is 4.33. The minimum atomic E-state index is -0.472. The lowest BCUT2D eigenvalue weighted by atomic mass is 10.2. The number of aromatic nitrogens is 2. The number of carbonyl (C=O) groups is 1. The molecule has 1 amide bonds. The van der Waals surface area contributed by atoms with E-state index in [1.807, 2.05) is 45.9 Å². The molecule has 1 aromatic heterocycles. The Labute approximate surface area is 247 Å². The zero-order chi connectivity index (χ0) is 30.3. The summed E-state index contributed by atoms with van der Waals surface area (Å²) in [5.41, 5.74) is 9.64. The molecule has 1 aliphatic heterocycles. The first kappa shape index (κ1) is 35.8. The Hall–Kier alpha value is -3.24. The highest BCUT2D eigenvalue weighted by atomic mass is 16.5. The van der Waals surface area contributed by atoms with Crippen molar-refractivity contribution in [1.29, 1.82) is 0 Å². The molecule has 10 heteroatoms. The molecule has 0 saturated carbocycles. The highest BCUT2D eigenvalue weighted by Gasteiger charge is 2.13. The molecule has 10 nitrogen and oxygen atoms in total. The highest BCUT2D eigenvalue weighted by molar-refractivity contribution is 5.95. The molecule has 230 valence electrons. The van der Waals surface area contributed by atoms with E-state index in [-0.39, 0.29) is 0 Å². The Bertz CT molecular complexity index is 978. The predicted octanol–water partition coefficient (Wildman–Crippen LogP) is 4.63. The number of hydrazone groups is 1. The van der Waals surface area contributed by atoms with E-state index < -0.39 is 5.91 Å². The van der Waals surface area contributed by atoms with Crippen molar-refractivity contribution in [3.63, 3.8) is 0 Å². The van der Waals surface area contributed by atoms with Crippen LogP contribution in [-0.2, 0) is 16.0 Å². The zero-order valence-electron chi connectivity index (χ0n) is 26.2. The number of hydrogen-bond donors (Lipinski definition) is 2. The van der Waals surface area contributed by atoms with Crippen LogP contribution in [0, 0.1) is 0 Å². The Kier molecular flexibility index (Phi) is 19.6. The lowest BCUT2D eigenvalue weighted by Crippen LogP contribution is -2.31. The van der Waals surface area contributed by atoms with Gasteiger partial charge in [0.1, 0.15) is 18.2 Å². The van der Waals surface area contributed by atoms with E-state index in [1.165, 1.54) is 0 Å². The van der Waals surface area contributed by atoms with Crippen molar-refractivity contribution in [3.8, 4) is 5.88 Å². The van der Waals surface area contributed by atoms with Crippen molar-refractivity contribution in [1.82, 2.24) is 20.3 Å². The molecule has 0 radical (unpaired) electrons. The number of primary amides is 1. The van der Waals surface area contributed by atoms with Crippen molar-refractivity contribution in [3.05, 3.63) is 47.5 Å². The van der Waals surface area contributed by atoms with Crippen molar-refractivity contribution in [2.24, 2.45) is 10.8 Å². The van der Waals surface area contributed by atoms with Gasteiger partial charge in [-0.25, -0.2) is 4.98 Å². The molecule has 1 aromatic rings. The number of nitrogens with one attached hydrogen (secondary N) is 1. The molecule has 0 bridgehead atoms.